The zero-order valence-corrected chi connectivity index (χ0v) is 11.4. The van der Waals surface area contributed by atoms with Crippen molar-refractivity contribution in [2.75, 3.05) is 28.7 Å². The minimum atomic E-state index is -3.82. The molecule has 0 saturated carbocycles. The second-order valence-electron chi connectivity index (χ2n) is 4.07. The van der Waals surface area contributed by atoms with Crippen molar-refractivity contribution in [1.82, 2.24) is 5.32 Å². The van der Waals surface area contributed by atoms with E-state index in [4.69, 9.17) is 0 Å². The van der Waals surface area contributed by atoms with Gasteiger partial charge < -0.3 is 5.32 Å². The highest BCUT2D eigenvalue weighted by Gasteiger charge is 2.39. The van der Waals surface area contributed by atoms with E-state index < -0.39 is 21.9 Å². The molecular weight excluding hydrogens is 273 g/mol. The van der Waals surface area contributed by atoms with Crippen LogP contribution >= 0.6 is 0 Å². The normalized spacial score (nSPS) is 16.4. The summed E-state index contributed by atoms with van der Waals surface area (Å²) in [6.45, 7) is 1.77. The first-order chi connectivity index (χ1) is 8.87. The van der Waals surface area contributed by atoms with Crippen LogP contribution in [-0.2, 0) is 15.0 Å². The van der Waals surface area contributed by atoms with E-state index in [2.05, 4.69) is 5.32 Å². The van der Waals surface area contributed by atoms with Gasteiger partial charge in [-0.2, -0.15) is 8.42 Å². The second kappa shape index (κ2) is 4.69. The van der Waals surface area contributed by atoms with Gasteiger partial charge in [-0.05, 0) is 19.1 Å². The van der Waals surface area contributed by atoms with E-state index in [0.717, 1.165) is 14.7 Å². The van der Waals surface area contributed by atoms with Crippen LogP contribution in [-0.4, -0.2) is 34.5 Å². The maximum absolute atomic E-state index is 13.3. The van der Waals surface area contributed by atoms with Crippen molar-refractivity contribution in [2.45, 2.75) is 6.92 Å². The topological polar surface area (TPSA) is 69.7 Å². The average molecular weight is 287 g/mol. The first-order valence-corrected chi connectivity index (χ1v) is 7.10. The number of hydrogen-bond acceptors (Lipinski definition) is 3. The maximum atomic E-state index is 13.3. The molecule has 1 heterocycles. The van der Waals surface area contributed by atoms with Crippen LogP contribution in [0.4, 0.5) is 15.8 Å². The lowest BCUT2D eigenvalue weighted by Gasteiger charge is -2.18. The quantitative estimate of drug-likeness (QED) is 0.878. The zero-order valence-electron chi connectivity index (χ0n) is 10.6. The third kappa shape index (κ3) is 2.23. The molecule has 0 aliphatic carbocycles. The lowest BCUT2D eigenvalue weighted by Crippen LogP contribution is -2.42. The number of carbonyl (C=O) groups is 1. The number of halogens is 1. The molecular formula is C11H14FN3O3S. The van der Waals surface area contributed by atoms with Gasteiger partial charge in [0.15, 0.2) is 0 Å². The summed E-state index contributed by atoms with van der Waals surface area (Å²) in [5.41, 5.74) is 0.527. The minimum Gasteiger partial charge on any atom is -0.355 e. The standard InChI is InChI=1S/C11H14FN3O3S/c1-3-13-11(16)7-15-10-6-8(12)4-5-9(10)14(2)19(15,17)18/h4-6H,3,7H2,1-2H3,(H,13,16). The monoisotopic (exact) mass is 287 g/mol. The van der Waals surface area contributed by atoms with Crippen molar-refractivity contribution in [2.24, 2.45) is 0 Å². The number of carbonyl (C=O) groups excluding carboxylic acids is 1. The zero-order chi connectivity index (χ0) is 14.2. The van der Waals surface area contributed by atoms with E-state index in [0.29, 0.717) is 12.2 Å². The van der Waals surface area contributed by atoms with Gasteiger partial charge in [-0.25, -0.2) is 8.70 Å². The highest BCUT2D eigenvalue weighted by Crippen LogP contribution is 2.39. The molecule has 0 spiro atoms. The fourth-order valence-electron chi connectivity index (χ4n) is 1.91. The highest BCUT2D eigenvalue weighted by atomic mass is 32.2. The van der Waals surface area contributed by atoms with Crippen LogP contribution in [0.15, 0.2) is 18.2 Å². The summed E-state index contributed by atoms with van der Waals surface area (Å²) >= 11 is 0. The smallest absolute Gasteiger partial charge is 0.326 e. The van der Waals surface area contributed by atoms with Gasteiger partial charge in [0.2, 0.25) is 5.91 Å². The molecule has 1 aliphatic rings. The first-order valence-electron chi connectivity index (χ1n) is 5.70. The molecule has 1 aliphatic heterocycles. The summed E-state index contributed by atoms with van der Waals surface area (Å²) in [5, 5.41) is 2.51. The number of hydrogen-bond donors (Lipinski definition) is 1. The van der Waals surface area contributed by atoms with Crippen LogP contribution in [0, 0.1) is 5.82 Å². The molecule has 104 valence electrons. The summed E-state index contributed by atoms with van der Waals surface area (Å²) in [4.78, 5) is 11.6. The first kappa shape index (κ1) is 13.6. The summed E-state index contributed by atoms with van der Waals surface area (Å²) in [5.74, 6) is -0.985. The Balaban J connectivity index is 2.43. The van der Waals surface area contributed by atoms with Gasteiger partial charge in [-0.1, -0.05) is 0 Å². The molecule has 0 saturated heterocycles. The number of nitrogens with zero attached hydrogens (tertiary/aromatic N) is 2. The van der Waals surface area contributed by atoms with Crippen molar-refractivity contribution >= 4 is 27.5 Å². The van der Waals surface area contributed by atoms with Crippen molar-refractivity contribution in [3.63, 3.8) is 0 Å². The molecule has 8 heteroatoms. The number of benzene rings is 1. The van der Waals surface area contributed by atoms with Crippen molar-refractivity contribution < 1.29 is 17.6 Å². The largest absolute Gasteiger partial charge is 0.355 e. The Bertz CT molecular complexity index is 618. The molecule has 6 nitrogen and oxygen atoms in total. The van der Waals surface area contributed by atoms with Crippen molar-refractivity contribution in [1.29, 1.82) is 0 Å². The molecule has 19 heavy (non-hydrogen) atoms. The van der Waals surface area contributed by atoms with E-state index in [1.54, 1.807) is 6.92 Å². The average Bonchev–Trinajstić information content (AvgIpc) is 2.51. The van der Waals surface area contributed by atoms with Gasteiger partial charge in [0.1, 0.15) is 12.4 Å². The third-order valence-electron chi connectivity index (χ3n) is 2.83. The van der Waals surface area contributed by atoms with Crippen molar-refractivity contribution in [3.05, 3.63) is 24.0 Å². The molecule has 0 radical (unpaired) electrons. The molecule has 0 unspecified atom stereocenters. The van der Waals surface area contributed by atoms with Crippen LogP contribution in [0.25, 0.3) is 0 Å². The predicted octanol–water partition coefficient (Wildman–Crippen LogP) is 0.463. The fraction of sp³-hybridized carbons (Fsp3) is 0.364. The molecule has 1 aromatic rings. The van der Waals surface area contributed by atoms with Gasteiger partial charge in [0.05, 0.1) is 11.4 Å². The molecule has 0 fully saturated rings. The Labute approximate surface area is 111 Å². The number of anilines is 2. The van der Waals surface area contributed by atoms with Gasteiger partial charge in [0, 0.05) is 19.7 Å². The molecule has 1 amide bonds. The van der Waals surface area contributed by atoms with E-state index >= 15 is 0 Å². The molecule has 2 rings (SSSR count). The third-order valence-corrected chi connectivity index (χ3v) is 4.60. The van der Waals surface area contributed by atoms with Gasteiger partial charge in [-0.15, -0.1) is 0 Å². The van der Waals surface area contributed by atoms with Gasteiger partial charge in [0.25, 0.3) is 0 Å². The second-order valence-corrected chi connectivity index (χ2v) is 5.95. The Hall–Kier alpha value is -1.83. The molecule has 0 aromatic heterocycles. The van der Waals surface area contributed by atoms with E-state index in [-0.39, 0.29) is 12.2 Å². The van der Waals surface area contributed by atoms with E-state index in [9.17, 15) is 17.6 Å². The number of amides is 1. The number of nitrogens with one attached hydrogen (secondary N) is 1. The molecule has 1 N–H and O–H groups in total. The van der Waals surface area contributed by atoms with Crippen LogP contribution in [0.5, 0.6) is 0 Å². The van der Waals surface area contributed by atoms with E-state index in [1.807, 2.05) is 0 Å². The summed E-state index contributed by atoms with van der Waals surface area (Å²) in [6, 6.07) is 3.66. The number of likely N-dealkylation sites (N-methyl/N-ethyl adjacent to an activating group) is 1. The van der Waals surface area contributed by atoms with Crippen LogP contribution in [0.1, 0.15) is 6.92 Å². The lowest BCUT2D eigenvalue weighted by molar-refractivity contribution is -0.119. The Morgan fingerprint density at radius 2 is 2.05 bits per heavy atom. The SMILES string of the molecule is CCNC(=O)CN1c2cc(F)ccc2N(C)S1(=O)=O. The Morgan fingerprint density at radius 3 is 2.68 bits per heavy atom. The van der Waals surface area contributed by atoms with Crippen LogP contribution in [0.2, 0.25) is 0 Å². The maximum Gasteiger partial charge on any atom is 0.326 e. The highest BCUT2D eigenvalue weighted by molar-refractivity contribution is 7.94. The van der Waals surface area contributed by atoms with Gasteiger partial charge in [-0.3, -0.25) is 9.10 Å². The number of fused-ring (bicyclic) bond motifs is 1. The molecule has 0 atom stereocenters. The van der Waals surface area contributed by atoms with Crippen molar-refractivity contribution in [3.8, 4) is 0 Å². The molecule has 0 bridgehead atoms. The molecule has 1 aromatic carbocycles. The Morgan fingerprint density at radius 1 is 1.37 bits per heavy atom. The van der Waals surface area contributed by atoms with Gasteiger partial charge >= 0.3 is 10.2 Å². The minimum absolute atomic E-state index is 0.175. The van der Waals surface area contributed by atoms with Crippen LogP contribution < -0.4 is 13.9 Å². The summed E-state index contributed by atoms with van der Waals surface area (Å²) < 4.78 is 39.5. The Kier molecular flexibility index (Phi) is 3.36. The number of rotatable bonds is 3. The fourth-order valence-corrected chi connectivity index (χ4v) is 3.28. The predicted molar refractivity (Wildman–Crippen MR) is 69.8 cm³/mol. The summed E-state index contributed by atoms with van der Waals surface area (Å²) in [6.07, 6.45) is 0. The summed E-state index contributed by atoms with van der Waals surface area (Å²) in [7, 11) is -2.45. The lowest BCUT2D eigenvalue weighted by atomic mass is 10.2. The van der Waals surface area contributed by atoms with E-state index in [1.165, 1.54) is 19.2 Å². The van der Waals surface area contributed by atoms with Crippen LogP contribution in [0.3, 0.4) is 0 Å².